The van der Waals surface area contributed by atoms with Gasteiger partial charge in [-0.1, -0.05) is 18.5 Å². The van der Waals surface area contributed by atoms with Crippen LogP contribution in [0.5, 0.6) is 0 Å². The normalized spacial score (nSPS) is 10.8. The summed E-state index contributed by atoms with van der Waals surface area (Å²) in [6, 6.07) is 8.45. The van der Waals surface area contributed by atoms with E-state index in [9.17, 15) is 4.79 Å². The second-order valence-corrected chi connectivity index (χ2v) is 4.85. The van der Waals surface area contributed by atoms with Crippen molar-refractivity contribution in [2.75, 3.05) is 5.32 Å². The number of fused-ring (bicyclic) bond motifs is 1. The van der Waals surface area contributed by atoms with E-state index < -0.39 is 0 Å². The largest absolute Gasteiger partial charge is 0.441 e. The molecule has 6 heteroatoms. The summed E-state index contributed by atoms with van der Waals surface area (Å²) in [5, 5.41) is 3.08. The molecule has 0 unspecified atom stereocenters. The molecule has 0 radical (unpaired) electrons. The number of nitrogens with zero attached hydrogens (tertiary/aromatic N) is 2. The molecule has 0 saturated heterocycles. The summed E-state index contributed by atoms with van der Waals surface area (Å²) >= 11 is 5.78. The number of amides is 1. The lowest BCUT2D eigenvalue weighted by molar-refractivity contribution is 0.102. The van der Waals surface area contributed by atoms with Crippen molar-refractivity contribution in [1.82, 2.24) is 9.97 Å². The number of aryl methyl sites for hydroxylation is 1. The highest BCUT2D eigenvalue weighted by Gasteiger charge is 2.09. The summed E-state index contributed by atoms with van der Waals surface area (Å²) in [5.41, 5.74) is 2.52. The second-order valence-electron chi connectivity index (χ2n) is 4.47. The lowest BCUT2D eigenvalue weighted by atomic mass is 10.2. The molecule has 1 N–H and O–H groups in total. The average Bonchev–Trinajstić information content (AvgIpc) is 2.89. The smallest absolute Gasteiger partial charge is 0.255 e. The second kappa shape index (κ2) is 5.54. The van der Waals surface area contributed by atoms with Crippen LogP contribution < -0.4 is 5.32 Å². The maximum Gasteiger partial charge on any atom is 0.255 e. The van der Waals surface area contributed by atoms with Gasteiger partial charge in [-0.15, -0.1) is 0 Å². The monoisotopic (exact) mass is 301 g/mol. The highest BCUT2D eigenvalue weighted by atomic mass is 35.5. The molecule has 0 fully saturated rings. The highest BCUT2D eigenvalue weighted by Crippen LogP contribution is 2.21. The highest BCUT2D eigenvalue weighted by molar-refractivity contribution is 6.29. The SMILES string of the molecule is CCc1nc2cc(NC(=O)c3ccnc(Cl)c3)ccc2o1. The summed E-state index contributed by atoms with van der Waals surface area (Å²) in [6.07, 6.45) is 2.22. The minimum atomic E-state index is -0.252. The molecule has 0 saturated carbocycles. The zero-order chi connectivity index (χ0) is 14.8. The molecule has 3 aromatic rings. The van der Waals surface area contributed by atoms with Crippen molar-refractivity contribution in [3.63, 3.8) is 0 Å². The Hall–Kier alpha value is -2.40. The van der Waals surface area contributed by atoms with Crippen LogP contribution in [0.1, 0.15) is 23.2 Å². The molecule has 0 aliphatic carbocycles. The summed E-state index contributed by atoms with van der Waals surface area (Å²) in [4.78, 5) is 20.3. The zero-order valence-corrected chi connectivity index (χ0v) is 12.0. The van der Waals surface area contributed by atoms with E-state index in [1.54, 1.807) is 24.3 Å². The summed E-state index contributed by atoms with van der Waals surface area (Å²) in [6.45, 7) is 1.97. The summed E-state index contributed by atoms with van der Waals surface area (Å²) < 4.78 is 5.53. The van der Waals surface area contributed by atoms with Crippen LogP contribution >= 0.6 is 11.6 Å². The number of anilines is 1. The lowest BCUT2D eigenvalue weighted by Gasteiger charge is -2.04. The minimum Gasteiger partial charge on any atom is -0.441 e. The van der Waals surface area contributed by atoms with Crippen molar-refractivity contribution in [2.24, 2.45) is 0 Å². The van der Waals surface area contributed by atoms with Gasteiger partial charge in [-0.3, -0.25) is 4.79 Å². The molecule has 2 aromatic heterocycles. The molecule has 1 aromatic carbocycles. The van der Waals surface area contributed by atoms with Gasteiger partial charge in [0, 0.05) is 23.9 Å². The molecule has 106 valence electrons. The lowest BCUT2D eigenvalue weighted by Crippen LogP contribution is -2.11. The van der Waals surface area contributed by atoms with Gasteiger partial charge in [0.1, 0.15) is 10.7 Å². The van der Waals surface area contributed by atoms with Crippen LogP contribution in [0.2, 0.25) is 5.15 Å². The van der Waals surface area contributed by atoms with Gasteiger partial charge >= 0.3 is 0 Å². The minimum absolute atomic E-state index is 0.252. The van der Waals surface area contributed by atoms with E-state index in [4.69, 9.17) is 16.0 Å². The number of benzene rings is 1. The summed E-state index contributed by atoms with van der Waals surface area (Å²) in [7, 11) is 0. The van der Waals surface area contributed by atoms with Crippen LogP contribution in [0.15, 0.2) is 40.9 Å². The van der Waals surface area contributed by atoms with Crippen molar-refractivity contribution >= 4 is 34.3 Å². The van der Waals surface area contributed by atoms with Crippen molar-refractivity contribution in [3.05, 3.63) is 53.1 Å². The fraction of sp³-hybridized carbons (Fsp3) is 0.133. The van der Waals surface area contributed by atoms with Gasteiger partial charge in [0.25, 0.3) is 5.91 Å². The zero-order valence-electron chi connectivity index (χ0n) is 11.3. The Morgan fingerprint density at radius 2 is 2.19 bits per heavy atom. The Bertz CT molecular complexity index is 814. The Morgan fingerprint density at radius 1 is 1.33 bits per heavy atom. The van der Waals surface area contributed by atoms with Gasteiger partial charge < -0.3 is 9.73 Å². The number of carbonyl (C=O) groups is 1. The molecule has 1 amide bonds. The van der Waals surface area contributed by atoms with Crippen LogP contribution in [-0.2, 0) is 6.42 Å². The van der Waals surface area contributed by atoms with Gasteiger partial charge in [-0.25, -0.2) is 9.97 Å². The van der Waals surface area contributed by atoms with Gasteiger partial charge in [0.05, 0.1) is 0 Å². The number of aromatic nitrogens is 2. The van der Waals surface area contributed by atoms with Crippen LogP contribution in [0.25, 0.3) is 11.1 Å². The van der Waals surface area contributed by atoms with E-state index in [0.29, 0.717) is 22.7 Å². The van der Waals surface area contributed by atoms with Crippen LogP contribution in [0.3, 0.4) is 0 Å². The molecule has 0 bridgehead atoms. The molecule has 0 aliphatic heterocycles. The van der Waals surface area contributed by atoms with E-state index in [1.165, 1.54) is 12.3 Å². The average molecular weight is 302 g/mol. The molecule has 21 heavy (non-hydrogen) atoms. The molecular formula is C15H12ClN3O2. The first kappa shape index (κ1) is 13.6. The number of oxazole rings is 1. The van der Waals surface area contributed by atoms with E-state index in [0.717, 1.165) is 11.9 Å². The Labute approximate surface area is 126 Å². The predicted octanol–water partition coefficient (Wildman–Crippen LogP) is 3.69. The third-order valence-corrected chi connectivity index (χ3v) is 3.19. The number of hydrogen-bond acceptors (Lipinski definition) is 4. The predicted molar refractivity (Wildman–Crippen MR) is 80.6 cm³/mol. The van der Waals surface area contributed by atoms with Crippen molar-refractivity contribution in [1.29, 1.82) is 0 Å². The Morgan fingerprint density at radius 3 is 2.95 bits per heavy atom. The van der Waals surface area contributed by atoms with Crippen LogP contribution in [-0.4, -0.2) is 15.9 Å². The Kier molecular flexibility index (Phi) is 3.58. The molecule has 0 spiro atoms. The van der Waals surface area contributed by atoms with Crippen molar-refractivity contribution < 1.29 is 9.21 Å². The summed E-state index contributed by atoms with van der Waals surface area (Å²) in [5.74, 6) is 0.423. The first-order valence-electron chi connectivity index (χ1n) is 6.48. The molecule has 0 aliphatic rings. The van der Waals surface area contributed by atoms with Gasteiger partial charge in [-0.05, 0) is 30.3 Å². The van der Waals surface area contributed by atoms with Gasteiger partial charge in [-0.2, -0.15) is 0 Å². The molecule has 5 nitrogen and oxygen atoms in total. The quantitative estimate of drug-likeness (QED) is 0.749. The number of carbonyl (C=O) groups excluding carboxylic acids is 1. The third-order valence-electron chi connectivity index (χ3n) is 2.98. The molecule has 3 rings (SSSR count). The first-order chi connectivity index (χ1) is 10.2. The Balaban J connectivity index is 1.85. The maximum absolute atomic E-state index is 12.1. The topological polar surface area (TPSA) is 68.0 Å². The maximum atomic E-state index is 12.1. The fourth-order valence-electron chi connectivity index (χ4n) is 1.95. The van der Waals surface area contributed by atoms with Crippen molar-refractivity contribution in [3.8, 4) is 0 Å². The number of halogens is 1. The molecule has 0 atom stereocenters. The van der Waals surface area contributed by atoms with E-state index in [2.05, 4.69) is 15.3 Å². The van der Waals surface area contributed by atoms with Gasteiger partial charge in [0.2, 0.25) is 0 Å². The van der Waals surface area contributed by atoms with E-state index in [1.807, 2.05) is 6.92 Å². The number of nitrogens with one attached hydrogen (secondary N) is 1. The molecule has 2 heterocycles. The third kappa shape index (κ3) is 2.87. The number of hydrogen-bond donors (Lipinski definition) is 1. The first-order valence-corrected chi connectivity index (χ1v) is 6.86. The fourth-order valence-corrected chi connectivity index (χ4v) is 2.12. The number of pyridine rings is 1. The van der Waals surface area contributed by atoms with Crippen LogP contribution in [0.4, 0.5) is 5.69 Å². The van der Waals surface area contributed by atoms with Gasteiger partial charge in [0.15, 0.2) is 11.5 Å². The standard InChI is InChI=1S/C15H12ClN3O2/c1-2-14-19-11-8-10(3-4-12(11)21-14)18-15(20)9-5-6-17-13(16)7-9/h3-8H,2H2,1H3,(H,18,20). The van der Waals surface area contributed by atoms with E-state index in [-0.39, 0.29) is 11.1 Å². The molecular weight excluding hydrogens is 290 g/mol. The number of rotatable bonds is 3. The van der Waals surface area contributed by atoms with E-state index >= 15 is 0 Å². The van der Waals surface area contributed by atoms with Crippen LogP contribution in [0, 0.1) is 0 Å². The van der Waals surface area contributed by atoms with Crippen molar-refractivity contribution in [2.45, 2.75) is 13.3 Å².